The quantitative estimate of drug-likeness (QED) is 0.727. The minimum absolute atomic E-state index is 0.104. The number of piperazine rings is 1. The highest BCUT2D eigenvalue weighted by Crippen LogP contribution is 2.22. The maximum absolute atomic E-state index is 13.5. The molecule has 1 heterocycles. The maximum atomic E-state index is 13.5. The first-order chi connectivity index (χ1) is 6.79. The molecule has 1 aliphatic heterocycles. The minimum atomic E-state index is -0.104. The number of nitrogens with zero attached hydrogens (tertiary/aromatic N) is 1. The summed E-state index contributed by atoms with van der Waals surface area (Å²) in [6.45, 7) is 2.79. The van der Waals surface area contributed by atoms with Crippen molar-refractivity contribution >= 4 is 0 Å². The summed E-state index contributed by atoms with van der Waals surface area (Å²) >= 11 is 0. The summed E-state index contributed by atoms with van der Waals surface area (Å²) in [6.07, 6.45) is 0. The summed E-state index contributed by atoms with van der Waals surface area (Å²) in [5, 5.41) is 3.28. The van der Waals surface area contributed by atoms with Crippen LogP contribution in [0.25, 0.3) is 0 Å². The fourth-order valence-corrected chi connectivity index (χ4v) is 1.90. The van der Waals surface area contributed by atoms with Crippen molar-refractivity contribution < 1.29 is 4.39 Å². The number of rotatable bonds is 1. The van der Waals surface area contributed by atoms with E-state index < -0.39 is 0 Å². The molecule has 1 unspecified atom stereocenters. The second-order valence-corrected chi connectivity index (χ2v) is 3.72. The van der Waals surface area contributed by atoms with Crippen LogP contribution < -0.4 is 5.32 Å². The zero-order valence-electron chi connectivity index (χ0n) is 8.33. The van der Waals surface area contributed by atoms with Crippen LogP contribution in [0.3, 0.4) is 0 Å². The number of likely N-dealkylation sites (N-methyl/N-ethyl adjacent to an activating group) is 1. The molecule has 0 spiro atoms. The predicted molar refractivity (Wildman–Crippen MR) is 54.6 cm³/mol. The molecule has 2 nitrogen and oxygen atoms in total. The molecular weight excluding hydrogens is 179 g/mol. The van der Waals surface area contributed by atoms with Crippen LogP contribution in [0.2, 0.25) is 0 Å². The van der Waals surface area contributed by atoms with Gasteiger partial charge in [-0.05, 0) is 13.1 Å². The van der Waals surface area contributed by atoms with Crippen LogP contribution in [0.15, 0.2) is 24.3 Å². The van der Waals surface area contributed by atoms with Gasteiger partial charge in [-0.15, -0.1) is 0 Å². The van der Waals surface area contributed by atoms with E-state index in [-0.39, 0.29) is 11.9 Å². The lowest BCUT2D eigenvalue weighted by atomic mass is 10.0. The predicted octanol–water partition coefficient (Wildman–Crippen LogP) is 1.40. The highest BCUT2D eigenvalue weighted by Gasteiger charge is 2.22. The van der Waals surface area contributed by atoms with Crippen molar-refractivity contribution in [2.24, 2.45) is 0 Å². The Kier molecular flexibility index (Phi) is 2.79. The van der Waals surface area contributed by atoms with Crippen LogP contribution in [0, 0.1) is 5.82 Å². The first-order valence-corrected chi connectivity index (χ1v) is 4.94. The van der Waals surface area contributed by atoms with E-state index >= 15 is 0 Å². The average molecular weight is 194 g/mol. The van der Waals surface area contributed by atoms with Crippen molar-refractivity contribution in [2.75, 3.05) is 26.7 Å². The lowest BCUT2D eigenvalue weighted by Crippen LogP contribution is -2.44. The van der Waals surface area contributed by atoms with Gasteiger partial charge in [0, 0.05) is 31.2 Å². The second kappa shape index (κ2) is 4.07. The average Bonchev–Trinajstić information content (AvgIpc) is 2.20. The summed E-state index contributed by atoms with van der Waals surface area (Å²) < 4.78 is 13.5. The fourth-order valence-electron chi connectivity index (χ4n) is 1.90. The molecule has 1 aromatic carbocycles. The zero-order chi connectivity index (χ0) is 9.97. The number of benzene rings is 1. The molecule has 14 heavy (non-hydrogen) atoms. The molecule has 1 aromatic rings. The molecule has 1 aliphatic rings. The van der Waals surface area contributed by atoms with Crippen molar-refractivity contribution in [3.8, 4) is 0 Å². The summed E-state index contributed by atoms with van der Waals surface area (Å²) in [5.74, 6) is -0.104. The topological polar surface area (TPSA) is 15.3 Å². The van der Waals surface area contributed by atoms with Gasteiger partial charge in [-0.3, -0.25) is 4.90 Å². The smallest absolute Gasteiger partial charge is 0.128 e. The largest absolute Gasteiger partial charge is 0.314 e. The molecule has 0 aliphatic carbocycles. The Morgan fingerprint density at radius 2 is 2.21 bits per heavy atom. The highest BCUT2D eigenvalue weighted by atomic mass is 19.1. The molecule has 2 rings (SSSR count). The molecule has 0 bridgehead atoms. The van der Waals surface area contributed by atoms with Gasteiger partial charge >= 0.3 is 0 Å². The van der Waals surface area contributed by atoms with Gasteiger partial charge in [0.1, 0.15) is 5.82 Å². The van der Waals surface area contributed by atoms with Gasteiger partial charge in [0.15, 0.2) is 0 Å². The summed E-state index contributed by atoms with van der Waals surface area (Å²) in [7, 11) is 2.04. The van der Waals surface area contributed by atoms with Gasteiger partial charge in [-0.1, -0.05) is 18.2 Å². The molecule has 1 fully saturated rings. The minimum Gasteiger partial charge on any atom is -0.314 e. The van der Waals surface area contributed by atoms with Crippen molar-refractivity contribution in [3.05, 3.63) is 35.6 Å². The van der Waals surface area contributed by atoms with E-state index in [0.717, 1.165) is 25.2 Å². The van der Waals surface area contributed by atoms with Crippen molar-refractivity contribution in [1.29, 1.82) is 0 Å². The second-order valence-electron chi connectivity index (χ2n) is 3.72. The number of halogens is 1. The third-order valence-electron chi connectivity index (χ3n) is 2.78. The maximum Gasteiger partial charge on any atom is 0.128 e. The summed E-state index contributed by atoms with van der Waals surface area (Å²) in [6, 6.07) is 7.18. The Morgan fingerprint density at radius 1 is 1.43 bits per heavy atom. The molecule has 0 amide bonds. The third-order valence-corrected chi connectivity index (χ3v) is 2.78. The molecular formula is C11H15FN2. The van der Waals surface area contributed by atoms with Crippen molar-refractivity contribution in [3.63, 3.8) is 0 Å². The number of hydrogen-bond donors (Lipinski definition) is 1. The standard InChI is InChI=1S/C11H15FN2/c1-14-7-6-13-8-11(14)9-4-2-3-5-10(9)12/h2-5,11,13H,6-8H2,1H3. The Morgan fingerprint density at radius 3 is 2.93 bits per heavy atom. The van der Waals surface area contributed by atoms with E-state index in [9.17, 15) is 4.39 Å². The van der Waals surface area contributed by atoms with Gasteiger partial charge in [-0.25, -0.2) is 4.39 Å². The third kappa shape index (κ3) is 1.79. The van der Waals surface area contributed by atoms with Crippen LogP contribution in [-0.2, 0) is 0 Å². The molecule has 1 atom stereocenters. The van der Waals surface area contributed by atoms with E-state index in [1.807, 2.05) is 19.2 Å². The van der Waals surface area contributed by atoms with Crippen LogP contribution in [0.5, 0.6) is 0 Å². The van der Waals surface area contributed by atoms with Crippen molar-refractivity contribution in [2.45, 2.75) is 6.04 Å². The lowest BCUT2D eigenvalue weighted by Gasteiger charge is -2.33. The van der Waals surface area contributed by atoms with E-state index in [1.54, 1.807) is 6.07 Å². The summed E-state index contributed by atoms with van der Waals surface area (Å²) in [5.41, 5.74) is 0.794. The van der Waals surface area contributed by atoms with Gasteiger partial charge in [0.2, 0.25) is 0 Å². The zero-order valence-corrected chi connectivity index (χ0v) is 8.33. The van der Waals surface area contributed by atoms with Crippen LogP contribution >= 0.6 is 0 Å². The van der Waals surface area contributed by atoms with Gasteiger partial charge in [0.25, 0.3) is 0 Å². The van der Waals surface area contributed by atoms with Crippen LogP contribution in [0.1, 0.15) is 11.6 Å². The Hall–Kier alpha value is -0.930. The Bertz CT molecular complexity index is 314. The van der Waals surface area contributed by atoms with Crippen LogP contribution in [-0.4, -0.2) is 31.6 Å². The highest BCUT2D eigenvalue weighted by molar-refractivity contribution is 5.22. The number of hydrogen-bond acceptors (Lipinski definition) is 2. The first kappa shape index (κ1) is 9.62. The summed E-state index contributed by atoms with van der Waals surface area (Å²) in [4.78, 5) is 2.19. The normalized spacial score (nSPS) is 23.7. The van der Waals surface area contributed by atoms with E-state index in [2.05, 4.69) is 10.2 Å². The molecule has 0 saturated carbocycles. The molecule has 1 N–H and O–H groups in total. The number of nitrogens with one attached hydrogen (secondary N) is 1. The molecule has 3 heteroatoms. The van der Waals surface area contributed by atoms with E-state index in [0.29, 0.717) is 0 Å². The van der Waals surface area contributed by atoms with Gasteiger partial charge < -0.3 is 5.32 Å². The van der Waals surface area contributed by atoms with Crippen LogP contribution in [0.4, 0.5) is 4.39 Å². The van der Waals surface area contributed by atoms with E-state index in [4.69, 9.17) is 0 Å². The fraction of sp³-hybridized carbons (Fsp3) is 0.455. The first-order valence-electron chi connectivity index (χ1n) is 4.94. The molecule has 0 radical (unpaired) electrons. The SMILES string of the molecule is CN1CCNCC1c1ccccc1F. The molecule has 76 valence electrons. The lowest BCUT2D eigenvalue weighted by molar-refractivity contribution is 0.198. The van der Waals surface area contributed by atoms with Crippen molar-refractivity contribution in [1.82, 2.24) is 10.2 Å². The van der Waals surface area contributed by atoms with Gasteiger partial charge in [-0.2, -0.15) is 0 Å². The van der Waals surface area contributed by atoms with Gasteiger partial charge in [0.05, 0.1) is 0 Å². The monoisotopic (exact) mass is 194 g/mol. The molecule has 1 saturated heterocycles. The Balaban J connectivity index is 2.25. The Labute approximate surface area is 83.7 Å². The molecule has 0 aromatic heterocycles. The van der Waals surface area contributed by atoms with E-state index in [1.165, 1.54) is 6.07 Å².